The predicted octanol–water partition coefficient (Wildman–Crippen LogP) is 0.862. The molecule has 1 heterocycles. The second kappa shape index (κ2) is 3.82. The number of nitrogens with zero attached hydrogens (tertiary/aromatic N) is 1. The molecule has 0 radical (unpaired) electrons. The third kappa shape index (κ3) is 1.80. The molecule has 0 atom stereocenters. The maximum absolute atomic E-state index is 11.0. The molecule has 17 heavy (non-hydrogen) atoms. The number of hydrogen-bond donors (Lipinski definition) is 4. The quantitative estimate of drug-likeness (QED) is 0.585. The first kappa shape index (κ1) is 11.0. The Balaban J connectivity index is 2.65. The van der Waals surface area contributed by atoms with Crippen molar-refractivity contribution in [3.8, 4) is 28.5 Å². The van der Waals surface area contributed by atoms with E-state index in [-0.39, 0.29) is 11.4 Å². The van der Waals surface area contributed by atoms with E-state index in [1.54, 1.807) is 13.0 Å². The van der Waals surface area contributed by atoms with Gasteiger partial charge in [-0.3, -0.25) is 4.79 Å². The molecule has 0 aliphatic carbocycles. The average molecular weight is 234 g/mol. The van der Waals surface area contributed by atoms with Crippen LogP contribution in [0.5, 0.6) is 17.2 Å². The number of phenols is 1. The molecule has 0 fully saturated rings. The van der Waals surface area contributed by atoms with Crippen LogP contribution in [0, 0.1) is 6.92 Å². The van der Waals surface area contributed by atoms with Gasteiger partial charge in [0.2, 0.25) is 5.75 Å². The van der Waals surface area contributed by atoms with Crippen molar-refractivity contribution in [2.24, 2.45) is 0 Å². The summed E-state index contributed by atoms with van der Waals surface area (Å²) in [5, 5.41) is 34.0. The molecule has 2 aromatic rings. The molecule has 0 bridgehead atoms. The number of hydrogen-bond acceptors (Lipinski definition) is 5. The van der Waals surface area contributed by atoms with Crippen molar-refractivity contribution in [3.63, 3.8) is 0 Å². The fraction of sp³-hybridized carbons (Fsp3) is 0.0909. The molecule has 1 aromatic carbocycles. The first-order valence-electron chi connectivity index (χ1n) is 4.81. The summed E-state index contributed by atoms with van der Waals surface area (Å²) in [6.07, 6.45) is 0. The van der Waals surface area contributed by atoms with E-state index in [9.17, 15) is 20.1 Å². The molecule has 0 unspecified atom stereocenters. The van der Waals surface area contributed by atoms with E-state index in [4.69, 9.17) is 0 Å². The number of H-pyrrole nitrogens is 1. The highest BCUT2D eigenvalue weighted by atomic mass is 16.3. The van der Waals surface area contributed by atoms with Crippen molar-refractivity contribution in [2.45, 2.75) is 6.92 Å². The maximum atomic E-state index is 11.0. The summed E-state index contributed by atoms with van der Waals surface area (Å²) in [6, 6.07) is 4.53. The number of nitrogens with one attached hydrogen (secondary N) is 1. The monoisotopic (exact) mass is 234 g/mol. The number of benzene rings is 1. The van der Waals surface area contributed by atoms with Crippen LogP contribution in [0.3, 0.4) is 0 Å². The molecule has 0 saturated carbocycles. The fourth-order valence-corrected chi connectivity index (χ4v) is 1.44. The summed E-state index contributed by atoms with van der Waals surface area (Å²) < 4.78 is 0. The van der Waals surface area contributed by atoms with Gasteiger partial charge in [0.25, 0.3) is 0 Å². The summed E-state index contributed by atoms with van der Waals surface area (Å²) in [6.45, 7) is 1.68. The lowest BCUT2D eigenvalue weighted by Crippen LogP contribution is -2.08. The molecule has 1 aromatic heterocycles. The van der Waals surface area contributed by atoms with Gasteiger partial charge in [0.1, 0.15) is 11.4 Å². The van der Waals surface area contributed by atoms with E-state index < -0.39 is 17.1 Å². The van der Waals surface area contributed by atoms with Gasteiger partial charge in [-0.05, 0) is 30.7 Å². The van der Waals surface area contributed by atoms with Gasteiger partial charge in [-0.1, -0.05) is 0 Å². The molecular weight excluding hydrogens is 224 g/mol. The molecule has 6 heteroatoms. The van der Waals surface area contributed by atoms with Crippen molar-refractivity contribution < 1.29 is 15.3 Å². The molecular formula is C11H10N2O4. The van der Waals surface area contributed by atoms with Crippen molar-refractivity contribution in [3.05, 3.63) is 34.1 Å². The average Bonchev–Trinajstić information content (AvgIpc) is 2.30. The lowest BCUT2D eigenvalue weighted by Gasteiger charge is -2.06. The van der Waals surface area contributed by atoms with Crippen LogP contribution in [-0.4, -0.2) is 25.5 Å². The zero-order valence-corrected chi connectivity index (χ0v) is 8.93. The number of aromatic hydroxyl groups is 3. The van der Waals surface area contributed by atoms with Gasteiger partial charge in [0, 0.05) is 5.56 Å². The van der Waals surface area contributed by atoms with E-state index in [1.807, 2.05) is 0 Å². The Morgan fingerprint density at radius 3 is 2.53 bits per heavy atom. The predicted molar refractivity (Wildman–Crippen MR) is 60.0 cm³/mol. The topological polar surface area (TPSA) is 106 Å². The Morgan fingerprint density at radius 2 is 1.88 bits per heavy atom. The fourth-order valence-electron chi connectivity index (χ4n) is 1.44. The minimum absolute atomic E-state index is 0.0465. The Morgan fingerprint density at radius 1 is 1.18 bits per heavy atom. The highest BCUT2D eigenvalue weighted by Gasteiger charge is 2.14. The van der Waals surface area contributed by atoms with Crippen LogP contribution in [0.1, 0.15) is 5.56 Å². The molecule has 88 valence electrons. The molecule has 4 N–H and O–H groups in total. The minimum atomic E-state index is -0.859. The first-order chi connectivity index (χ1) is 8.00. The van der Waals surface area contributed by atoms with Gasteiger partial charge in [0.15, 0.2) is 5.75 Å². The Hall–Kier alpha value is -2.50. The van der Waals surface area contributed by atoms with Gasteiger partial charge in [0.05, 0.1) is 0 Å². The number of aromatic nitrogens is 2. The van der Waals surface area contributed by atoms with Crippen LogP contribution in [0.2, 0.25) is 0 Å². The van der Waals surface area contributed by atoms with Gasteiger partial charge >= 0.3 is 5.56 Å². The van der Waals surface area contributed by atoms with E-state index in [2.05, 4.69) is 10.2 Å². The van der Waals surface area contributed by atoms with E-state index >= 15 is 0 Å². The summed E-state index contributed by atoms with van der Waals surface area (Å²) in [5.74, 6) is -1.25. The van der Waals surface area contributed by atoms with Crippen LogP contribution < -0.4 is 5.56 Å². The zero-order chi connectivity index (χ0) is 12.6. The van der Waals surface area contributed by atoms with Gasteiger partial charge in [-0.15, -0.1) is 0 Å². The first-order valence-corrected chi connectivity index (χ1v) is 4.81. The molecule has 0 aliphatic rings. The van der Waals surface area contributed by atoms with Crippen molar-refractivity contribution in [1.82, 2.24) is 10.2 Å². The molecule has 6 nitrogen and oxygen atoms in total. The summed E-state index contributed by atoms with van der Waals surface area (Å²) in [7, 11) is 0. The van der Waals surface area contributed by atoms with Gasteiger partial charge in [-0.2, -0.15) is 5.10 Å². The second-order valence-electron chi connectivity index (χ2n) is 3.60. The molecule has 0 saturated heterocycles. The van der Waals surface area contributed by atoms with Gasteiger partial charge < -0.3 is 15.3 Å². The van der Waals surface area contributed by atoms with Crippen molar-refractivity contribution in [1.29, 1.82) is 0 Å². The third-order valence-electron chi connectivity index (χ3n) is 2.40. The van der Waals surface area contributed by atoms with E-state index in [0.717, 1.165) is 0 Å². The highest BCUT2D eigenvalue weighted by Crippen LogP contribution is 2.32. The van der Waals surface area contributed by atoms with E-state index in [1.165, 1.54) is 12.1 Å². The third-order valence-corrected chi connectivity index (χ3v) is 2.40. The highest BCUT2D eigenvalue weighted by molar-refractivity contribution is 5.69. The summed E-state index contributed by atoms with van der Waals surface area (Å²) in [5.41, 5.74) is 0.255. The lowest BCUT2D eigenvalue weighted by molar-refractivity contribution is 0.395. The Bertz CT molecular complexity index is 634. The molecule has 0 aliphatic heterocycles. The van der Waals surface area contributed by atoms with Crippen LogP contribution >= 0.6 is 0 Å². The molecule has 0 spiro atoms. The summed E-state index contributed by atoms with van der Waals surface area (Å²) in [4.78, 5) is 11.0. The van der Waals surface area contributed by atoms with Crippen molar-refractivity contribution >= 4 is 0 Å². The number of phenolic OH excluding ortho intramolecular Hbond substituents is 1. The van der Waals surface area contributed by atoms with Crippen LogP contribution in [0.15, 0.2) is 23.0 Å². The summed E-state index contributed by atoms with van der Waals surface area (Å²) >= 11 is 0. The smallest absolute Gasteiger partial charge is 0.310 e. The maximum Gasteiger partial charge on any atom is 0.310 e. The molecule has 0 amide bonds. The van der Waals surface area contributed by atoms with Crippen molar-refractivity contribution in [2.75, 3.05) is 0 Å². The van der Waals surface area contributed by atoms with Crippen LogP contribution in [0.25, 0.3) is 11.3 Å². The minimum Gasteiger partial charge on any atom is -0.508 e. The van der Waals surface area contributed by atoms with E-state index in [0.29, 0.717) is 11.1 Å². The SMILES string of the molecule is Cc1cc(-c2n[nH]c(=O)c(O)c2O)ccc1O. The van der Waals surface area contributed by atoms with Crippen LogP contribution in [0.4, 0.5) is 0 Å². The second-order valence-corrected chi connectivity index (χ2v) is 3.60. The number of aryl methyl sites for hydroxylation is 1. The lowest BCUT2D eigenvalue weighted by atomic mass is 10.1. The van der Waals surface area contributed by atoms with Crippen LogP contribution in [-0.2, 0) is 0 Å². The normalized spacial score (nSPS) is 10.4. The molecule has 2 rings (SSSR count). The zero-order valence-electron chi connectivity index (χ0n) is 8.93. The number of aromatic amines is 1. The largest absolute Gasteiger partial charge is 0.508 e. The standard InChI is InChI=1S/C11H10N2O4/c1-5-4-6(2-3-7(5)14)8-9(15)10(16)11(17)13-12-8/h2-4,14H,1H3,(H,12,16)(H2,13,15,17). The number of rotatable bonds is 1. The Labute approximate surface area is 95.8 Å². The van der Waals surface area contributed by atoms with Gasteiger partial charge in [-0.25, -0.2) is 5.10 Å². The Kier molecular flexibility index (Phi) is 2.47.